The number of carbonyl (C=O) groups excluding carboxylic acids is 1. The van der Waals surface area contributed by atoms with E-state index in [-0.39, 0.29) is 27.9 Å². The van der Waals surface area contributed by atoms with E-state index >= 15 is 0 Å². The summed E-state index contributed by atoms with van der Waals surface area (Å²) in [6, 6.07) is 4.70. The van der Waals surface area contributed by atoms with Gasteiger partial charge in [-0.15, -0.1) is 0 Å². The van der Waals surface area contributed by atoms with Crippen LogP contribution >= 0.6 is 23.4 Å². The van der Waals surface area contributed by atoms with Crippen LogP contribution in [-0.2, 0) is 17.8 Å². The summed E-state index contributed by atoms with van der Waals surface area (Å²) in [4.78, 5) is 12.6. The van der Waals surface area contributed by atoms with Crippen molar-refractivity contribution < 1.29 is 13.6 Å². The quantitative estimate of drug-likeness (QED) is 0.640. The number of benzene rings is 1. The fourth-order valence-corrected chi connectivity index (χ4v) is 3.60. The fourth-order valence-electron chi connectivity index (χ4n) is 2.68. The van der Waals surface area contributed by atoms with Crippen molar-refractivity contribution in [1.82, 2.24) is 9.78 Å². The summed E-state index contributed by atoms with van der Waals surface area (Å²) in [5.74, 6) is -2.47. The van der Waals surface area contributed by atoms with Gasteiger partial charge in [-0.05, 0) is 31.9 Å². The molecule has 2 rings (SSSR count). The number of hydrogen-bond acceptors (Lipinski definition) is 3. The third kappa shape index (κ3) is 5.20. The van der Waals surface area contributed by atoms with Crippen molar-refractivity contribution in [3.05, 3.63) is 40.2 Å². The predicted molar refractivity (Wildman–Crippen MR) is 102 cm³/mol. The van der Waals surface area contributed by atoms with Gasteiger partial charge in [-0.25, -0.2) is 0 Å². The molecule has 0 unspecified atom stereocenters. The number of halogens is 3. The molecule has 0 fully saturated rings. The van der Waals surface area contributed by atoms with Crippen molar-refractivity contribution in [2.45, 2.75) is 51.3 Å². The molecule has 0 aliphatic carbocycles. The van der Waals surface area contributed by atoms with Gasteiger partial charge in [0, 0.05) is 17.8 Å². The highest BCUT2D eigenvalue weighted by molar-refractivity contribution is 7.99. The van der Waals surface area contributed by atoms with Gasteiger partial charge >= 0.3 is 0 Å². The molecule has 1 amide bonds. The molecule has 26 heavy (non-hydrogen) atoms. The Balaban J connectivity index is 2.18. The number of amides is 1. The molecule has 0 radical (unpaired) electrons. The number of aryl methyl sites for hydroxylation is 1. The maximum atomic E-state index is 12.8. The maximum Gasteiger partial charge on any atom is 0.289 e. The first-order valence-electron chi connectivity index (χ1n) is 8.25. The Morgan fingerprint density at radius 1 is 1.35 bits per heavy atom. The van der Waals surface area contributed by atoms with Gasteiger partial charge in [0.15, 0.2) is 0 Å². The molecule has 0 spiro atoms. The summed E-state index contributed by atoms with van der Waals surface area (Å²) in [6.45, 7) is 8.78. The monoisotopic (exact) mass is 401 g/mol. The van der Waals surface area contributed by atoms with Gasteiger partial charge in [0.1, 0.15) is 0 Å². The Morgan fingerprint density at radius 3 is 2.65 bits per heavy atom. The molecule has 142 valence electrons. The molecular formula is C18H22ClF2N3OS. The third-order valence-corrected chi connectivity index (χ3v) is 5.14. The van der Waals surface area contributed by atoms with Crippen LogP contribution < -0.4 is 5.32 Å². The van der Waals surface area contributed by atoms with E-state index in [1.165, 1.54) is 6.07 Å². The van der Waals surface area contributed by atoms with E-state index in [0.717, 1.165) is 23.5 Å². The van der Waals surface area contributed by atoms with Gasteiger partial charge < -0.3 is 5.32 Å². The van der Waals surface area contributed by atoms with E-state index in [1.54, 1.807) is 12.1 Å². The zero-order chi connectivity index (χ0) is 19.4. The highest BCUT2D eigenvalue weighted by Crippen LogP contribution is 2.37. The minimum absolute atomic E-state index is 0.126. The van der Waals surface area contributed by atoms with Crippen molar-refractivity contribution in [2.24, 2.45) is 5.92 Å². The SMILES string of the molecule is Cc1nn(CC(C)C)c(C)c1CC(=O)Nc1cccc(Cl)c1SC(F)F. The van der Waals surface area contributed by atoms with Crippen molar-refractivity contribution in [2.75, 3.05) is 5.32 Å². The van der Waals surface area contributed by atoms with Crippen LogP contribution in [0.5, 0.6) is 0 Å². The molecule has 4 nitrogen and oxygen atoms in total. The van der Waals surface area contributed by atoms with E-state index in [1.807, 2.05) is 18.5 Å². The van der Waals surface area contributed by atoms with Gasteiger partial charge in [-0.3, -0.25) is 9.48 Å². The average Bonchev–Trinajstić information content (AvgIpc) is 2.77. The number of rotatable bonds is 7. The minimum Gasteiger partial charge on any atom is -0.325 e. The second-order valence-electron chi connectivity index (χ2n) is 6.45. The van der Waals surface area contributed by atoms with Gasteiger partial charge in [0.25, 0.3) is 5.76 Å². The van der Waals surface area contributed by atoms with Crippen LogP contribution in [0.4, 0.5) is 14.5 Å². The molecule has 0 saturated carbocycles. The number of carbonyl (C=O) groups is 1. The summed E-state index contributed by atoms with van der Waals surface area (Å²) in [7, 11) is 0. The van der Waals surface area contributed by atoms with Crippen LogP contribution in [0.3, 0.4) is 0 Å². The largest absolute Gasteiger partial charge is 0.325 e. The van der Waals surface area contributed by atoms with Crippen molar-refractivity contribution >= 4 is 35.0 Å². The lowest BCUT2D eigenvalue weighted by atomic mass is 10.1. The topological polar surface area (TPSA) is 46.9 Å². The van der Waals surface area contributed by atoms with Gasteiger partial charge in [-0.1, -0.05) is 43.3 Å². The molecule has 0 atom stereocenters. The lowest BCUT2D eigenvalue weighted by Gasteiger charge is -2.12. The zero-order valence-electron chi connectivity index (χ0n) is 15.1. The van der Waals surface area contributed by atoms with E-state index in [2.05, 4.69) is 24.3 Å². The average molecular weight is 402 g/mol. The molecule has 0 saturated heterocycles. The van der Waals surface area contributed by atoms with E-state index < -0.39 is 5.76 Å². The molecule has 1 heterocycles. The summed E-state index contributed by atoms with van der Waals surface area (Å²) in [5, 5.41) is 7.37. The smallest absolute Gasteiger partial charge is 0.289 e. The first-order chi connectivity index (χ1) is 12.2. The maximum absolute atomic E-state index is 12.8. The highest BCUT2D eigenvalue weighted by atomic mass is 35.5. The van der Waals surface area contributed by atoms with E-state index in [0.29, 0.717) is 17.7 Å². The third-order valence-electron chi connectivity index (χ3n) is 3.85. The number of alkyl halides is 2. The molecule has 1 N–H and O–H groups in total. The number of nitrogens with one attached hydrogen (secondary N) is 1. The molecule has 8 heteroatoms. The number of thioether (sulfide) groups is 1. The van der Waals surface area contributed by atoms with Gasteiger partial charge in [0.05, 0.1) is 27.7 Å². The van der Waals surface area contributed by atoms with E-state index in [9.17, 15) is 13.6 Å². The van der Waals surface area contributed by atoms with Gasteiger partial charge in [0.2, 0.25) is 5.91 Å². The molecule has 0 aliphatic rings. The lowest BCUT2D eigenvalue weighted by molar-refractivity contribution is -0.115. The first kappa shape index (κ1) is 20.7. The highest BCUT2D eigenvalue weighted by Gasteiger charge is 2.18. The Bertz CT molecular complexity index is 793. The van der Waals surface area contributed by atoms with Crippen LogP contribution in [0, 0.1) is 19.8 Å². The Hall–Kier alpha value is -1.60. The first-order valence-corrected chi connectivity index (χ1v) is 9.50. The second-order valence-corrected chi connectivity index (χ2v) is 7.85. The van der Waals surface area contributed by atoms with Crippen molar-refractivity contribution in [1.29, 1.82) is 0 Å². The zero-order valence-corrected chi connectivity index (χ0v) is 16.7. The number of nitrogens with zero attached hydrogens (tertiary/aromatic N) is 2. The number of aromatic nitrogens is 2. The van der Waals surface area contributed by atoms with Crippen LogP contribution in [0.15, 0.2) is 23.1 Å². The Morgan fingerprint density at radius 2 is 2.04 bits per heavy atom. The molecule has 1 aromatic heterocycles. The molecule has 2 aromatic rings. The standard InChI is InChI=1S/C18H22ClF2N3OS/c1-10(2)9-24-12(4)13(11(3)23-24)8-16(25)22-15-7-5-6-14(19)17(15)26-18(20)21/h5-7,10,18H,8-9H2,1-4H3,(H,22,25). The van der Waals surface area contributed by atoms with Crippen molar-refractivity contribution in [3.8, 4) is 0 Å². The number of hydrogen-bond donors (Lipinski definition) is 1. The summed E-state index contributed by atoms with van der Waals surface area (Å²) in [6.07, 6.45) is 0.126. The summed E-state index contributed by atoms with van der Waals surface area (Å²) in [5.41, 5.74) is 2.89. The molecule has 1 aromatic carbocycles. The van der Waals surface area contributed by atoms with Crippen LogP contribution in [0.25, 0.3) is 0 Å². The second kappa shape index (κ2) is 8.86. The normalized spacial score (nSPS) is 11.4. The van der Waals surface area contributed by atoms with Crippen LogP contribution in [0.1, 0.15) is 30.8 Å². The summed E-state index contributed by atoms with van der Waals surface area (Å²) < 4.78 is 27.4. The van der Waals surface area contributed by atoms with Crippen LogP contribution in [-0.4, -0.2) is 21.4 Å². The Labute approximate surface area is 161 Å². The lowest BCUT2D eigenvalue weighted by Crippen LogP contribution is -2.16. The van der Waals surface area contributed by atoms with Crippen LogP contribution in [0.2, 0.25) is 5.02 Å². The van der Waals surface area contributed by atoms with E-state index in [4.69, 9.17) is 11.6 Å². The molecule has 0 aliphatic heterocycles. The van der Waals surface area contributed by atoms with Gasteiger partial charge in [-0.2, -0.15) is 13.9 Å². The Kier molecular flexibility index (Phi) is 7.06. The number of anilines is 1. The fraction of sp³-hybridized carbons (Fsp3) is 0.444. The molecular weight excluding hydrogens is 380 g/mol. The predicted octanol–water partition coefficient (Wildman–Crippen LogP) is 5.31. The summed E-state index contributed by atoms with van der Waals surface area (Å²) >= 11 is 6.32. The molecule has 0 bridgehead atoms. The minimum atomic E-state index is -2.62. The van der Waals surface area contributed by atoms with Crippen molar-refractivity contribution in [3.63, 3.8) is 0 Å².